The summed E-state index contributed by atoms with van der Waals surface area (Å²) in [6.45, 7) is 0.464. The number of carbonyl (C=O) groups is 2. The fraction of sp³-hybridized carbons (Fsp3) is 0.318. The maximum absolute atomic E-state index is 12.9. The van der Waals surface area contributed by atoms with Crippen LogP contribution in [0.1, 0.15) is 23.9 Å². The number of aryl methyl sites for hydroxylation is 1. The van der Waals surface area contributed by atoms with Crippen molar-refractivity contribution in [3.63, 3.8) is 0 Å². The number of amides is 2. The van der Waals surface area contributed by atoms with Crippen LogP contribution in [0.25, 0.3) is 11.0 Å². The second-order valence-electron chi connectivity index (χ2n) is 7.44. The van der Waals surface area contributed by atoms with Gasteiger partial charge in [0.15, 0.2) is 0 Å². The van der Waals surface area contributed by atoms with Crippen molar-refractivity contribution in [1.29, 1.82) is 0 Å². The Morgan fingerprint density at radius 1 is 1.14 bits per heavy atom. The Labute approximate surface area is 164 Å². The summed E-state index contributed by atoms with van der Waals surface area (Å²) in [5.74, 6) is 0.426. The van der Waals surface area contributed by atoms with Gasteiger partial charge in [-0.1, -0.05) is 42.5 Å². The Morgan fingerprint density at radius 2 is 1.86 bits per heavy atom. The minimum Gasteiger partial charge on any atom is -0.345 e. The van der Waals surface area contributed by atoms with Gasteiger partial charge in [-0.25, -0.2) is 4.98 Å². The summed E-state index contributed by atoms with van der Waals surface area (Å²) >= 11 is 0. The molecule has 0 spiro atoms. The number of rotatable bonds is 5. The topological polar surface area (TPSA) is 67.2 Å². The number of hydrogen-bond acceptors (Lipinski definition) is 3. The average molecular weight is 376 g/mol. The van der Waals surface area contributed by atoms with Crippen molar-refractivity contribution in [3.05, 3.63) is 66.0 Å². The van der Waals surface area contributed by atoms with Gasteiger partial charge in [0.2, 0.25) is 11.8 Å². The second-order valence-corrected chi connectivity index (χ2v) is 7.44. The SMILES string of the molecule is CN1C[C@H](C(=O)N[C@@H](Cc2ccccc2)c2nc3ccccc3n2C)CC1=O. The van der Waals surface area contributed by atoms with Gasteiger partial charge in [0, 0.05) is 27.1 Å². The highest BCUT2D eigenvalue weighted by molar-refractivity contribution is 5.89. The molecule has 6 heteroatoms. The van der Waals surface area contributed by atoms with Crippen molar-refractivity contribution >= 4 is 22.8 Å². The molecule has 0 unspecified atom stereocenters. The number of imidazole rings is 1. The summed E-state index contributed by atoms with van der Waals surface area (Å²) in [4.78, 5) is 31.2. The van der Waals surface area contributed by atoms with E-state index in [1.807, 2.05) is 54.1 Å². The number of fused-ring (bicyclic) bond motifs is 1. The smallest absolute Gasteiger partial charge is 0.226 e. The largest absolute Gasteiger partial charge is 0.345 e. The van der Waals surface area contributed by atoms with E-state index in [2.05, 4.69) is 17.4 Å². The van der Waals surface area contributed by atoms with Gasteiger partial charge in [-0.15, -0.1) is 0 Å². The van der Waals surface area contributed by atoms with E-state index in [1.54, 1.807) is 11.9 Å². The Bertz CT molecular complexity index is 1010. The highest BCUT2D eigenvalue weighted by Gasteiger charge is 2.34. The van der Waals surface area contributed by atoms with Crippen molar-refractivity contribution in [1.82, 2.24) is 19.8 Å². The Kier molecular flexibility index (Phi) is 4.86. The van der Waals surface area contributed by atoms with E-state index in [1.165, 1.54) is 0 Å². The molecule has 1 aliphatic heterocycles. The number of aromatic nitrogens is 2. The molecule has 1 saturated heterocycles. The molecule has 2 amide bonds. The van der Waals surface area contributed by atoms with Crippen molar-refractivity contribution in [2.75, 3.05) is 13.6 Å². The van der Waals surface area contributed by atoms with Crippen LogP contribution >= 0.6 is 0 Å². The van der Waals surface area contributed by atoms with Gasteiger partial charge in [-0.3, -0.25) is 9.59 Å². The van der Waals surface area contributed by atoms with Crippen LogP contribution in [0.2, 0.25) is 0 Å². The molecule has 1 aliphatic rings. The van der Waals surface area contributed by atoms with Gasteiger partial charge in [0.1, 0.15) is 5.82 Å². The number of hydrogen-bond donors (Lipinski definition) is 1. The first-order chi connectivity index (χ1) is 13.5. The van der Waals surface area contributed by atoms with Crippen molar-refractivity contribution in [2.24, 2.45) is 13.0 Å². The third kappa shape index (κ3) is 3.50. The summed E-state index contributed by atoms with van der Waals surface area (Å²) in [6, 6.07) is 17.7. The monoisotopic (exact) mass is 376 g/mol. The fourth-order valence-electron chi connectivity index (χ4n) is 3.86. The average Bonchev–Trinajstić information content (AvgIpc) is 3.22. The number of nitrogens with one attached hydrogen (secondary N) is 1. The predicted molar refractivity (Wildman–Crippen MR) is 107 cm³/mol. The molecule has 0 aliphatic carbocycles. The van der Waals surface area contributed by atoms with Crippen LogP contribution in [-0.4, -0.2) is 39.9 Å². The Morgan fingerprint density at radius 3 is 2.54 bits per heavy atom. The van der Waals surface area contributed by atoms with Gasteiger partial charge in [0.25, 0.3) is 0 Å². The predicted octanol–water partition coefficient (Wildman–Crippen LogP) is 2.45. The first-order valence-corrected chi connectivity index (χ1v) is 9.52. The van der Waals surface area contributed by atoms with E-state index >= 15 is 0 Å². The summed E-state index contributed by atoms with van der Waals surface area (Å²) in [5, 5.41) is 3.17. The van der Waals surface area contributed by atoms with Gasteiger partial charge in [-0.2, -0.15) is 0 Å². The van der Waals surface area contributed by atoms with E-state index in [0.717, 1.165) is 22.4 Å². The highest BCUT2D eigenvalue weighted by Crippen LogP contribution is 2.24. The quantitative estimate of drug-likeness (QED) is 0.744. The fourth-order valence-corrected chi connectivity index (χ4v) is 3.86. The minimum atomic E-state index is -0.314. The molecule has 0 bridgehead atoms. The molecule has 28 heavy (non-hydrogen) atoms. The number of likely N-dealkylation sites (tertiary alicyclic amines) is 1. The van der Waals surface area contributed by atoms with Crippen LogP contribution < -0.4 is 5.32 Å². The molecule has 3 aromatic rings. The van der Waals surface area contributed by atoms with Crippen LogP contribution in [-0.2, 0) is 23.1 Å². The molecule has 2 aromatic carbocycles. The van der Waals surface area contributed by atoms with Gasteiger partial charge in [-0.05, 0) is 24.1 Å². The maximum Gasteiger partial charge on any atom is 0.226 e. The van der Waals surface area contributed by atoms with Gasteiger partial charge in [0.05, 0.1) is 23.0 Å². The number of para-hydroxylation sites is 2. The summed E-state index contributed by atoms with van der Waals surface area (Å²) in [7, 11) is 3.71. The lowest BCUT2D eigenvalue weighted by Crippen LogP contribution is -2.37. The van der Waals surface area contributed by atoms with E-state index in [0.29, 0.717) is 13.0 Å². The third-order valence-electron chi connectivity index (χ3n) is 5.44. The lowest BCUT2D eigenvalue weighted by Gasteiger charge is -2.21. The highest BCUT2D eigenvalue weighted by atomic mass is 16.2. The van der Waals surface area contributed by atoms with E-state index in [-0.39, 0.29) is 30.2 Å². The number of carbonyl (C=O) groups excluding carboxylic acids is 2. The van der Waals surface area contributed by atoms with Crippen molar-refractivity contribution in [2.45, 2.75) is 18.9 Å². The Hall–Kier alpha value is -3.15. The van der Waals surface area contributed by atoms with E-state index in [4.69, 9.17) is 4.98 Å². The first-order valence-electron chi connectivity index (χ1n) is 9.52. The molecule has 0 saturated carbocycles. The van der Waals surface area contributed by atoms with Crippen LogP contribution in [0.15, 0.2) is 54.6 Å². The van der Waals surface area contributed by atoms with Crippen LogP contribution in [0, 0.1) is 5.92 Å². The zero-order valence-electron chi connectivity index (χ0n) is 16.1. The molecule has 4 rings (SSSR count). The molecule has 1 N–H and O–H groups in total. The van der Waals surface area contributed by atoms with Crippen LogP contribution in [0.3, 0.4) is 0 Å². The van der Waals surface area contributed by atoms with Gasteiger partial charge >= 0.3 is 0 Å². The zero-order valence-corrected chi connectivity index (χ0v) is 16.1. The van der Waals surface area contributed by atoms with Crippen LogP contribution in [0.4, 0.5) is 0 Å². The second kappa shape index (κ2) is 7.46. The third-order valence-corrected chi connectivity index (χ3v) is 5.44. The Balaban J connectivity index is 1.64. The standard InChI is InChI=1S/C22H24N4O2/c1-25-14-16(13-20(25)27)22(28)24-18(12-15-8-4-3-5-9-15)21-23-17-10-6-7-11-19(17)26(21)2/h3-11,16,18H,12-14H2,1-2H3,(H,24,28)/t16-,18+/m1/s1. The summed E-state index contributed by atoms with van der Waals surface area (Å²) in [6.07, 6.45) is 0.906. The molecule has 1 aromatic heterocycles. The molecule has 2 heterocycles. The first kappa shape index (κ1) is 18.2. The summed E-state index contributed by atoms with van der Waals surface area (Å²) in [5.41, 5.74) is 3.06. The number of benzene rings is 2. The molecule has 2 atom stereocenters. The molecular formula is C22H24N4O2. The lowest BCUT2D eigenvalue weighted by atomic mass is 10.0. The molecule has 0 radical (unpaired) electrons. The molecule has 6 nitrogen and oxygen atoms in total. The van der Waals surface area contributed by atoms with Crippen molar-refractivity contribution < 1.29 is 9.59 Å². The summed E-state index contributed by atoms with van der Waals surface area (Å²) < 4.78 is 2.04. The van der Waals surface area contributed by atoms with E-state index < -0.39 is 0 Å². The molecule has 144 valence electrons. The minimum absolute atomic E-state index is 0.0162. The zero-order chi connectivity index (χ0) is 19.7. The maximum atomic E-state index is 12.9. The normalized spacial score (nSPS) is 17.9. The molecule has 1 fully saturated rings. The number of nitrogens with zero attached hydrogens (tertiary/aromatic N) is 3. The van der Waals surface area contributed by atoms with Gasteiger partial charge < -0.3 is 14.8 Å². The molecular weight excluding hydrogens is 352 g/mol. The lowest BCUT2D eigenvalue weighted by molar-refractivity contribution is -0.128. The van der Waals surface area contributed by atoms with Crippen LogP contribution in [0.5, 0.6) is 0 Å². The van der Waals surface area contributed by atoms with Crippen molar-refractivity contribution in [3.8, 4) is 0 Å². The van der Waals surface area contributed by atoms with E-state index in [9.17, 15) is 9.59 Å².